The highest BCUT2D eigenvalue weighted by Gasteiger charge is 2.50. The predicted octanol–water partition coefficient (Wildman–Crippen LogP) is 7.08. The molecule has 0 N–H and O–H groups in total. The van der Waals surface area contributed by atoms with Crippen LogP contribution in [0.25, 0.3) is 10.8 Å². The summed E-state index contributed by atoms with van der Waals surface area (Å²) < 4.78 is 0. The Morgan fingerprint density at radius 1 is 0.471 bits per heavy atom. The molecule has 11 rings (SSSR count). The zero-order valence-electron chi connectivity index (χ0n) is 20.2. The summed E-state index contributed by atoms with van der Waals surface area (Å²) in [7, 11) is 0. The molecule has 0 spiro atoms. The van der Waals surface area contributed by atoms with Crippen LogP contribution in [-0.4, -0.2) is 23.5 Å². The van der Waals surface area contributed by atoms with Gasteiger partial charge in [0.15, 0.2) is 0 Å². The SMILES string of the molecule is c1cc2c3c(cccc3c1)C(=NC1C3CC4CC(C3)CC1C4)C2=NC1C2CC3CC(C2)CC1C3. The van der Waals surface area contributed by atoms with Crippen molar-refractivity contribution in [2.75, 3.05) is 0 Å². The van der Waals surface area contributed by atoms with Crippen LogP contribution in [0.5, 0.6) is 0 Å². The quantitative estimate of drug-likeness (QED) is 0.469. The van der Waals surface area contributed by atoms with E-state index in [-0.39, 0.29) is 0 Å². The van der Waals surface area contributed by atoms with Gasteiger partial charge in [0, 0.05) is 16.5 Å². The van der Waals surface area contributed by atoms with Crippen molar-refractivity contribution in [2.45, 2.75) is 76.3 Å². The van der Waals surface area contributed by atoms with Crippen molar-refractivity contribution in [1.29, 1.82) is 0 Å². The number of hydrogen-bond acceptors (Lipinski definition) is 2. The Hall–Kier alpha value is -1.96. The normalized spacial score (nSPS) is 47.5. The van der Waals surface area contributed by atoms with Gasteiger partial charge in [0.05, 0.1) is 23.5 Å². The second-order valence-corrected chi connectivity index (χ2v) is 13.5. The summed E-state index contributed by atoms with van der Waals surface area (Å²) in [6, 6.07) is 14.8. The van der Waals surface area contributed by atoms with E-state index in [1.807, 2.05) is 0 Å². The maximum atomic E-state index is 5.76. The van der Waals surface area contributed by atoms with Gasteiger partial charge in [-0.3, -0.25) is 9.98 Å². The summed E-state index contributed by atoms with van der Waals surface area (Å²) in [5, 5.41) is 2.79. The van der Waals surface area contributed by atoms with E-state index < -0.39 is 0 Å². The van der Waals surface area contributed by atoms with Gasteiger partial charge in [0.1, 0.15) is 0 Å². The molecular weight excluding hydrogens is 412 g/mol. The molecule has 0 unspecified atom stereocenters. The minimum absolute atomic E-state index is 0.538. The largest absolute Gasteiger partial charge is 0.279 e. The van der Waals surface area contributed by atoms with Crippen LogP contribution in [0.1, 0.15) is 75.3 Å². The summed E-state index contributed by atoms with van der Waals surface area (Å²) in [5.41, 5.74) is 5.31. The molecule has 2 nitrogen and oxygen atoms in total. The molecule has 0 aliphatic heterocycles. The number of benzene rings is 2. The molecule has 0 amide bonds. The van der Waals surface area contributed by atoms with Crippen LogP contribution in [-0.2, 0) is 0 Å². The number of aliphatic imine (C=N–C) groups is 2. The lowest BCUT2D eigenvalue weighted by Gasteiger charge is -2.53. The second kappa shape index (κ2) is 6.83. The Balaban J connectivity index is 1.19. The Labute approximate surface area is 203 Å². The molecule has 0 saturated heterocycles. The monoisotopic (exact) mass is 448 g/mol. The van der Waals surface area contributed by atoms with Crippen molar-refractivity contribution < 1.29 is 0 Å². The van der Waals surface area contributed by atoms with Gasteiger partial charge >= 0.3 is 0 Å². The zero-order valence-corrected chi connectivity index (χ0v) is 20.2. The molecule has 2 aromatic rings. The Morgan fingerprint density at radius 2 is 0.853 bits per heavy atom. The molecule has 9 aliphatic carbocycles. The summed E-state index contributed by atoms with van der Waals surface area (Å²) in [5.74, 6) is 7.33. The van der Waals surface area contributed by atoms with Gasteiger partial charge < -0.3 is 0 Å². The third kappa shape index (κ3) is 2.64. The van der Waals surface area contributed by atoms with Gasteiger partial charge in [-0.1, -0.05) is 36.4 Å². The van der Waals surface area contributed by atoms with Crippen LogP contribution in [0.15, 0.2) is 46.4 Å². The fourth-order valence-electron chi connectivity index (χ4n) is 10.8. The molecule has 34 heavy (non-hydrogen) atoms. The smallest absolute Gasteiger partial charge is 0.0915 e. The average molecular weight is 449 g/mol. The van der Waals surface area contributed by atoms with E-state index in [1.165, 1.54) is 97.5 Å². The summed E-state index contributed by atoms with van der Waals surface area (Å²) in [6.45, 7) is 0. The molecular formula is C32H36N2. The van der Waals surface area contributed by atoms with Crippen LogP contribution in [0.3, 0.4) is 0 Å². The third-order valence-corrected chi connectivity index (χ3v) is 11.5. The van der Waals surface area contributed by atoms with Gasteiger partial charge in [-0.25, -0.2) is 0 Å². The highest BCUT2D eigenvalue weighted by Crippen LogP contribution is 2.56. The molecule has 174 valence electrons. The van der Waals surface area contributed by atoms with Crippen molar-refractivity contribution >= 4 is 22.2 Å². The lowest BCUT2D eigenvalue weighted by atomic mass is 9.54. The minimum Gasteiger partial charge on any atom is -0.279 e. The second-order valence-electron chi connectivity index (χ2n) is 13.5. The topological polar surface area (TPSA) is 24.7 Å². The van der Waals surface area contributed by atoms with E-state index in [0.717, 1.165) is 47.3 Å². The molecule has 9 aliphatic rings. The van der Waals surface area contributed by atoms with Crippen LogP contribution < -0.4 is 0 Å². The lowest BCUT2D eigenvalue weighted by Crippen LogP contribution is -2.48. The highest BCUT2D eigenvalue weighted by molar-refractivity contribution is 6.61. The molecule has 8 saturated carbocycles. The number of hydrogen-bond donors (Lipinski definition) is 0. The lowest BCUT2D eigenvalue weighted by molar-refractivity contribution is 0.000915. The fraction of sp³-hybridized carbons (Fsp3) is 0.625. The summed E-state index contributed by atoms with van der Waals surface area (Å²) in [6.07, 6.45) is 14.5. The maximum Gasteiger partial charge on any atom is 0.0915 e. The molecule has 0 radical (unpaired) electrons. The van der Waals surface area contributed by atoms with Crippen LogP contribution in [0.2, 0.25) is 0 Å². The third-order valence-electron chi connectivity index (χ3n) is 11.5. The Kier molecular flexibility index (Phi) is 3.87. The van der Waals surface area contributed by atoms with Gasteiger partial charge in [-0.2, -0.15) is 0 Å². The van der Waals surface area contributed by atoms with Crippen molar-refractivity contribution in [1.82, 2.24) is 0 Å². The van der Waals surface area contributed by atoms with E-state index in [4.69, 9.17) is 9.98 Å². The molecule has 0 heterocycles. The molecule has 2 aromatic carbocycles. The molecule has 0 atom stereocenters. The van der Waals surface area contributed by atoms with Gasteiger partial charge in [0.25, 0.3) is 0 Å². The minimum atomic E-state index is 0.538. The first-order chi connectivity index (χ1) is 16.8. The first-order valence-corrected chi connectivity index (χ1v) is 14.4. The Bertz CT molecular complexity index is 1100. The van der Waals surface area contributed by atoms with Crippen molar-refractivity contribution in [3.63, 3.8) is 0 Å². The first kappa shape index (κ1) is 19.3. The zero-order chi connectivity index (χ0) is 22.0. The Morgan fingerprint density at radius 3 is 1.24 bits per heavy atom. The van der Waals surface area contributed by atoms with E-state index in [9.17, 15) is 0 Å². The van der Waals surface area contributed by atoms with E-state index in [1.54, 1.807) is 0 Å². The highest BCUT2D eigenvalue weighted by atomic mass is 14.9. The van der Waals surface area contributed by atoms with Crippen LogP contribution in [0, 0.1) is 47.3 Å². The van der Waals surface area contributed by atoms with E-state index in [0.29, 0.717) is 12.1 Å². The van der Waals surface area contributed by atoms with Crippen LogP contribution in [0.4, 0.5) is 0 Å². The maximum absolute atomic E-state index is 5.76. The van der Waals surface area contributed by atoms with Crippen molar-refractivity contribution in [3.8, 4) is 0 Å². The van der Waals surface area contributed by atoms with Gasteiger partial charge in [-0.15, -0.1) is 0 Å². The number of nitrogens with zero attached hydrogens (tertiary/aromatic N) is 2. The molecule has 0 aromatic heterocycles. The van der Waals surface area contributed by atoms with Crippen LogP contribution >= 0.6 is 0 Å². The van der Waals surface area contributed by atoms with Crippen molar-refractivity contribution in [3.05, 3.63) is 47.5 Å². The van der Waals surface area contributed by atoms with Gasteiger partial charge in [-0.05, 0) is 117 Å². The summed E-state index contributed by atoms with van der Waals surface area (Å²) in [4.78, 5) is 11.5. The predicted molar refractivity (Wildman–Crippen MR) is 139 cm³/mol. The molecule has 8 fully saturated rings. The number of rotatable bonds is 2. The van der Waals surface area contributed by atoms with Crippen molar-refractivity contribution in [2.24, 2.45) is 57.3 Å². The average Bonchev–Trinajstić information content (AvgIpc) is 3.12. The van der Waals surface area contributed by atoms with Gasteiger partial charge in [0.2, 0.25) is 0 Å². The van der Waals surface area contributed by atoms with E-state index >= 15 is 0 Å². The first-order valence-electron chi connectivity index (χ1n) is 14.4. The molecule has 8 bridgehead atoms. The fourth-order valence-corrected chi connectivity index (χ4v) is 10.8. The summed E-state index contributed by atoms with van der Waals surface area (Å²) >= 11 is 0. The standard InChI is InChI=1S/C32H36N2/c1-3-21-4-2-6-27-28(21)26(5-1)31(33-29-22-9-17-7-18(11-22)12-23(29)10-17)32(27)34-30-24-13-19-8-20(15-24)16-25(30)14-19/h1-6,17-20,22-25,29-30H,7-16H2. The molecule has 2 heteroatoms. The van der Waals surface area contributed by atoms with E-state index in [2.05, 4.69) is 36.4 Å².